The second kappa shape index (κ2) is 8.70. The average molecular weight is 381 g/mol. The van der Waals surface area contributed by atoms with Crippen molar-refractivity contribution in [3.63, 3.8) is 0 Å². The fraction of sp³-hybridized carbons (Fsp3) is 0.375. The van der Waals surface area contributed by atoms with E-state index in [2.05, 4.69) is 10.3 Å². The number of carbonyl (C=O) groups is 1. The Hall–Kier alpha value is -2.56. The van der Waals surface area contributed by atoms with E-state index in [1.807, 2.05) is 0 Å². The van der Waals surface area contributed by atoms with Crippen molar-refractivity contribution < 1.29 is 24.7 Å². The largest absolute Gasteiger partial charge is 0.462 e. The second-order valence-electron chi connectivity index (χ2n) is 5.36. The van der Waals surface area contributed by atoms with Crippen LogP contribution in [0.1, 0.15) is 22.3 Å². The lowest BCUT2D eigenvalue weighted by Crippen LogP contribution is -2.23. The normalized spacial score (nSPS) is 11.8. The van der Waals surface area contributed by atoms with Crippen LogP contribution in [0.3, 0.4) is 0 Å². The molecule has 1 unspecified atom stereocenters. The minimum absolute atomic E-state index is 0.0520. The van der Waals surface area contributed by atoms with Crippen LogP contribution in [0.2, 0.25) is 0 Å². The molecule has 0 spiro atoms. The number of esters is 1. The highest BCUT2D eigenvalue weighted by Crippen LogP contribution is 2.36. The van der Waals surface area contributed by atoms with Crippen molar-refractivity contribution >= 4 is 28.7 Å². The smallest absolute Gasteiger partial charge is 0.350 e. The Morgan fingerprint density at radius 2 is 2.23 bits per heavy atom. The molecule has 0 radical (unpaired) electrons. The molecule has 2 aromatic rings. The van der Waals surface area contributed by atoms with Gasteiger partial charge < -0.3 is 20.3 Å². The first-order valence-electron chi connectivity index (χ1n) is 7.83. The average Bonchev–Trinajstić information content (AvgIpc) is 3.01. The number of thiazole rings is 1. The van der Waals surface area contributed by atoms with Crippen molar-refractivity contribution in [1.29, 1.82) is 0 Å². The van der Waals surface area contributed by atoms with Gasteiger partial charge in [0.25, 0.3) is 5.69 Å². The molecule has 3 N–H and O–H groups in total. The molecule has 0 aliphatic rings. The zero-order chi connectivity index (χ0) is 19.3. The van der Waals surface area contributed by atoms with E-state index in [-0.39, 0.29) is 18.8 Å². The van der Waals surface area contributed by atoms with E-state index in [0.717, 1.165) is 11.3 Å². The molecule has 0 fully saturated rings. The third kappa shape index (κ3) is 4.54. The van der Waals surface area contributed by atoms with Crippen molar-refractivity contribution in [3.05, 3.63) is 38.9 Å². The molecule has 0 aliphatic heterocycles. The van der Waals surface area contributed by atoms with Crippen molar-refractivity contribution in [2.24, 2.45) is 0 Å². The molecular weight excluding hydrogens is 362 g/mol. The lowest BCUT2D eigenvalue weighted by Gasteiger charge is -2.13. The molecule has 1 aromatic heterocycles. The zero-order valence-electron chi connectivity index (χ0n) is 14.3. The van der Waals surface area contributed by atoms with Crippen LogP contribution in [0.25, 0.3) is 10.6 Å². The Balaban J connectivity index is 2.45. The van der Waals surface area contributed by atoms with Crippen molar-refractivity contribution in [2.45, 2.75) is 20.0 Å². The van der Waals surface area contributed by atoms with Gasteiger partial charge in [-0.25, -0.2) is 9.78 Å². The molecular formula is C16H19N3O6S. The van der Waals surface area contributed by atoms with E-state index in [9.17, 15) is 20.0 Å². The third-order valence-electron chi connectivity index (χ3n) is 3.44. The van der Waals surface area contributed by atoms with Gasteiger partial charge in [0.2, 0.25) is 0 Å². The highest BCUT2D eigenvalue weighted by Gasteiger charge is 2.21. The highest BCUT2D eigenvalue weighted by molar-refractivity contribution is 7.17. The predicted octanol–water partition coefficient (Wildman–Crippen LogP) is 1.97. The fourth-order valence-corrected chi connectivity index (χ4v) is 3.16. The number of aryl methyl sites for hydroxylation is 1. The summed E-state index contributed by atoms with van der Waals surface area (Å²) in [6.45, 7) is 3.22. The molecule has 0 amide bonds. The molecule has 0 bridgehead atoms. The van der Waals surface area contributed by atoms with Crippen LogP contribution >= 0.6 is 11.3 Å². The number of hydrogen-bond acceptors (Lipinski definition) is 9. The standard InChI is InChI=1S/C16H19N3O6S/c1-3-25-16(22)14-9(2)18-15(26-14)12-6-10(19(23)24)4-5-13(12)17-7-11(21)8-20/h4-6,11,17,20-21H,3,7-8H2,1-2H3. The quantitative estimate of drug-likeness (QED) is 0.359. The predicted molar refractivity (Wildman–Crippen MR) is 96.5 cm³/mol. The number of aliphatic hydroxyl groups excluding tert-OH is 2. The Morgan fingerprint density at radius 1 is 1.50 bits per heavy atom. The number of rotatable bonds is 8. The first-order chi connectivity index (χ1) is 12.4. The molecule has 2 rings (SSSR count). The summed E-state index contributed by atoms with van der Waals surface area (Å²) < 4.78 is 4.99. The van der Waals surface area contributed by atoms with Gasteiger partial charge in [-0.3, -0.25) is 10.1 Å². The Bertz CT molecular complexity index is 807. The van der Waals surface area contributed by atoms with Gasteiger partial charge in [-0.05, 0) is 19.9 Å². The lowest BCUT2D eigenvalue weighted by atomic mass is 10.1. The molecule has 0 saturated carbocycles. The summed E-state index contributed by atoms with van der Waals surface area (Å²) in [6, 6.07) is 4.17. The number of ether oxygens (including phenoxy) is 1. The van der Waals surface area contributed by atoms with Gasteiger partial charge in [0.1, 0.15) is 9.88 Å². The number of aliphatic hydroxyl groups is 2. The fourth-order valence-electron chi connectivity index (χ4n) is 2.17. The number of aromatic nitrogens is 1. The molecule has 1 heterocycles. The van der Waals surface area contributed by atoms with Crippen molar-refractivity contribution in [1.82, 2.24) is 4.98 Å². The number of nitro groups is 1. The molecule has 1 atom stereocenters. The van der Waals surface area contributed by atoms with E-state index in [4.69, 9.17) is 9.84 Å². The van der Waals surface area contributed by atoms with Gasteiger partial charge in [0.15, 0.2) is 0 Å². The molecule has 26 heavy (non-hydrogen) atoms. The summed E-state index contributed by atoms with van der Waals surface area (Å²) in [6.07, 6.45) is -0.980. The number of non-ortho nitro benzene ring substituents is 1. The Morgan fingerprint density at radius 3 is 2.85 bits per heavy atom. The minimum atomic E-state index is -0.980. The molecule has 10 heteroatoms. The number of nitrogens with one attached hydrogen (secondary N) is 1. The molecule has 140 valence electrons. The summed E-state index contributed by atoms with van der Waals surface area (Å²) >= 11 is 1.08. The monoisotopic (exact) mass is 381 g/mol. The number of nitrogens with zero attached hydrogens (tertiary/aromatic N) is 2. The maximum absolute atomic E-state index is 12.0. The van der Waals surface area contributed by atoms with Crippen LogP contribution in [0, 0.1) is 17.0 Å². The molecule has 9 nitrogen and oxygen atoms in total. The van der Waals surface area contributed by atoms with Crippen LogP contribution < -0.4 is 5.32 Å². The van der Waals surface area contributed by atoms with E-state index >= 15 is 0 Å². The lowest BCUT2D eigenvalue weighted by molar-refractivity contribution is -0.384. The molecule has 1 aromatic carbocycles. The van der Waals surface area contributed by atoms with Gasteiger partial charge in [-0.1, -0.05) is 0 Å². The van der Waals surface area contributed by atoms with E-state index in [0.29, 0.717) is 26.8 Å². The van der Waals surface area contributed by atoms with Crippen LogP contribution in [0.5, 0.6) is 0 Å². The number of hydrogen-bond donors (Lipinski definition) is 3. The summed E-state index contributed by atoms with van der Waals surface area (Å²) in [5.41, 5.74) is 1.26. The maximum Gasteiger partial charge on any atom is 0.350 e. The van der Waals surface area contributed by atoms with Crippen LogP contribution in [0.4, 0.5) is 11.4 Å². The second-order valence-corrected chi connectivity index (χ2v) is 6.36. The van der Waals surface area contributed by atoms with Crippen molar-refractivity contribution in [2.75, 3.05) is 25.1 Å². The van der Waals surface area contributed by atoms with Gasteiger partial charge >= 0.3 is 5.97 Å². The first kappa shape index (κ1) is 19.8. The maximum atomic E-state index is 12.0. The highest BCUT2D eigenvalue weighted by atomic mass is 32.1. The molecule has 0 saturated heterocycles. The van der Waals surface area contributed by atoms with Crippen LogP contribution in [-0.4, -0.2) is 52.0 Å². The Labute approximate surface area is 153 Å². The van der Waals surface area contributed by atoms with Gasteiger partial charge in [-0.15, -0.1) is 11.3 Å². The van der Waals surface area contributed by atoms with Gasteiger partial charge in [0.05, 0.1) is 29.9 Å². The van der Waals surface area contributed by atoms with Gasteiger partial charge in [0, 0.05) is 29.9 Å². The van der Waals surface area contributed by atoms with Crippen molar-refractivity contribution in [3.8, 4) is 10.6 Å². The Kier molecular flexibility index (Phi) is 6.61. The summed E-state index contributed by atoms with van der Waals surface area (Å²) in [5.74, 6) is -0.496. The SMILES string of the molecule is CCOC(=O)c1sc(-c2cc([N+](=O)[O-])ccc2NCC(O)CO)nc1C. The van der Waals surface area contributed by atoms with E-state index < -0.39 is 23.6 Å². The number of carbonyl (C=O) groups excluding carboxylic acids is 1. The third-order valence-corrected chi connectivity index (χ3v) is 4.61. The summed E-state index contributed by atoms with van der Waals surface area (Å²) in [4.78, 5) is 27.2. The van der Waals surface area contributed by atoms with E-state index in [1.54, 1.807) is 13.8 Å². The molecule has 0 aliphatic carbocycles. The topological polar surface area (TPSA) is 135 Å². The number of nitro benzene ring substituents is 1. The van der Waals surface area contributed by atoms with Crippen LogP contribution in [0.15, 0.2) is 18.2 Å². The number of anilines is 1. The first-order valence-corrected chi connectivity index (χ1v) is 8.65. The minimum Gasteiger partial charge on any atom is -0.462 e. The zero-order valence-corrected chi connectivity index (χ0v) is 15.1. The van der Waals surface area contributed by atoms with Crippen LogP contribution in [-0.2, 0) is 4.74 Å². The summed E-state index contributed by atoms with van der Waals surface area (Å²) in [5, 5.41) is 32.9. The van der Waals surface area contributed by atoms with Gasteiger partial charge in [-0.2, -0.15) is 0 Å². The van der Waals surface area contributed by atoms with E-state index in [1.165, 1.54) is 18.2 Å². The summed E-state index contributed by atoms with van der Waals surface area (Å²) in [7, 11) is 0. The number of benzene rings is 1.